The van der Waals surface area contributed by atoms with E-state index >= 15 is 0 Å². The fraction of sp³-hybridized carbons (Fsp3) is 0.364. The first kappa shape index (κ1) is 11.4. The summed E-state index contributed by atoms with van der Waals surface area (Å²) in [5, 5.41) is 0. The van der Waals surface area contributed by atoms with E-state index in [0.29, 0.717) is 17.9 Å². The van der Waals surface area contributed by atoms with E-state index in [0.717, 1.165) is 5.56 Å². The molecular weight excluding hydrogens is 192 g/mol. The van der Waals surface area contributed by atoms with Crippen LogP contribution in [0.1, 0.15) is 5.56 Å². The van der Waals surface area contributed by atoms with Crippen LogP contribution >= 0.6 is 0 Å². The fourth-order valence-corrected chi connectivity index (χ4v) is 1.31. The molecule has 0 aliphatic heterocycles. The minimum absolute atomic E-state index is 0.0268. The zero-order valence-corrected chi connectivity index (χ0v) is 9.28. The number of hydrogen-bond donors (Lipinski definition) is 1. The Morgan fingerprint density at radius 1 is 1.47 bits per heavy atom. The van der Waals surface area contributed by atoms with Gasteiger partial charge in [-0.2, -0.15) is 0 Å². The molecule has 0 aliphatic carbocycles. The number of rotatable bonds is 3. The normalized spacial score (nSPS) is 9.80. The maximum Gasteiger partial charge on any atom is 0.226 e. The van der Waals surface area contributed by atoms with Gasteiger partial charge in [-0.3, -0.25) is 4.79 Å². The third-order valence-electron chi connectivity index (χ3n) is 2.17. The summed E-state index contributed by atoms with van der Waals surface area (Å²) >= 11 is 0. The van der Waals surface area contributed by atoms with Crippen LogP contribution in [0.25, 0.3) is 0 Å². The van der Waals surface area contributed by atoms with Crippen LogP contribution in [0.2, 0.25) is 0 Å². The quantitative estimate of drug-likeness (QED) is 0.751. The van der Waals surface area contributed by atoms with E-state index in [1.54, 1.807) is 32.2 Å². The van der Waals surface area contributed by atoms with Crippen molar-refractivity contribution in [1.29, 1.82) is 0 Å². The number of carbonyl (C=O) groups is 1. The summed E-state index contributed by atoms with van der Waals surface area (Å²) in [5.41, 5.74) is 7.11. The maximum atomic E-state index is 11.5. The summed E-state index contributed by atoms with van der Waals surface area (Å²) in [6, 6.07) is 5.41. The number of para-hydroxylation sites is 1. The van der Waals surface area contributed by atoms with Gasteiger partial charge in [0.05, 0.1) is 19.2 Å². The molecule has 15 heavy (non-hydrogen) atoms. The van der Waals surface area contributed by atoms with Gasteiger partial charge in [0.25, 0.3) is 0 Å². The lowest BCUT2D eigenvalue weighted by molar-refractivity contribution is -0.127. The molecule has 1 rings (SSSR count). The number of anilines is 1. The summed E-state index contributed by atoms with van der Waals surface area (Å²) in [6.45, 7) is 0. The van der Waals surface area contributed by atoms with Gasteiger partial charge in [0, 0.05) is 19.7 Å². The highest BCUT2D eigenvalue weighted by atomic mass is 16.5. The molecule has 82 valence electrons. The molecule has 4 heteroatoms. The average molecular weight is 208 g/mol. The van der Waals surface area contributed by atoms with Gasteiger partial charge >= 0.3 is 0 Å². The molecule has 0 saturated carbocycles. The number of nitrogens with two attached hydrogens (primary N) is 1. The second kappa shape index (κ2) is 4.68. The first-order valence-electron chi connectivity index (χ1n) is 4.67. The van der Waals surface area contributed by atoms with Crippen molar-refractivity contribution in [2.45, 2.75) is 6.42 Å². The van der Waals surface area contributed by atoms with Crippen LogP contribution in [0, 0.1) is 0 Å². The summed E-state index contributed by atoms with van der Waals surface area (Å²) in [7, 11) is 5.00. The van der Waals surface area contributed by atoms with Crippen molar-refractivity contribution in [2.24, 2.45) is 0 Å². The van der Waals surface area contributed by atoms with E-state index in [4.69, 9.17) is 10.5 Å². The largest absolute Gasteiger partial charge is 0.494 e. The molecule has 0 aromatic heterocycles. The Bertz CT molecular complexity index is 362. The van der Waals surface area contributed by atoms with E-state index in [9.17, 15) is 4.79 Å². The van der Waals surface area contributed by atoms with Crippen LogP contribution in [0.3, 0.4) is 0 Å². The highest BCUT2D eigenvalue weighted by Gasteiger charge is 2.11. The second-order valence-electron chi connectivity index (χ2n) is 3.50. The number of nitrogen functional groups attached to an aromatic ring is 1. The van der Waals surface area contributed by atoms with E-state index < -0.39 is 0 Å². The molecule has 0 heterocycles. The van der Waals surface area contributed by atoms with E-state index in [2.05, 4.69) is 0 Å². The van der Waals surface area contributed by atoms with Crippen molar-refractivity contribution in [3.63, 3.8) is 0 Å². The highest BCUT2D eigenvalue weighted by Crippen LogP contribution is 2.26. The van der Waals surface area contributed by atoms with Gasteiger partial charge in [-0.1, -0.05) is 12.1 Å². The Morgan fingerprint density at radius 2 is 2.13 bits per heavy atom. The number of amides is 1. The Balaban J connectivity index is 2.94. The third-order valence-corrected chi connectivity index (χ3v) is 2.17. The predicted molar refractivity (Wildman–Crippen MR) is 59.8 cm³/mol. The van der Waals surface area contributed by atoms with Crippen molar-refractivity contribution in [3.8, 4) is 5.75 Å². The summed E-state index contributed by atoms with van der Waals surface area (Å²) in [4.78, 5) is 13.1. The second-order valence-corrected chi connectivity index (χ2v) is 3.50. The molecule has 0 aliphatic rings. The molecule has 0 saturated heterocycles. The Morgan fingerprint density at radius 3 is 2.67 bits per heavy atom. The van der Waals surface area contributed by atoms with Gasteiger partial charge < -0.3 is 15.4 Å². The summed E-state index contributed by atoms with van der Waals surface area (Å²) in [5.74, 6) is 0.617. The monoisotopic (exact) mass is 208 g/mol. The molecule has 0 unspecified atom stereocenters. The van der Waals surface area contributed by atoms with Crippen LogP contribution in [0.5, 0.6) is 5.75 Å². The summed E-state index contributed by atoms with van der Waals surface area (Å²) in [6.07, 6.45) is 0.307. The van der Waals surface area contributed by atoms with Crippen LogP contribution < -0.4 is 10.5 Å². The SMILES string of the molecule is COc1c(N)cccc1CC(=O)N(C)C. The molecule has 1 aromatic rings. The third kappa shape index (κ3) is 2.62. The van der Waals surface area contributed by atoms with Crippen molar-refractivity contribution < 1.29 is 9.53 Å². The lowest BCUT2D eigenvalue weighted by atomic mass is 10.1. The number of carbonyl (C=O) groups excluding carboxylic acids is 1. The molecule has 1 amide bonds. The zero-order valence-electron chi connectivity index (χ0n) is 9.28. The van der Waals surface area contributed by atoms with Gasteiger partial charge in [-0.05, 0) is 6.07 Å². The number of nitrogens with zero attached hydrogens (tertiary/aromatic N) is 1. The molecule has 4 nitrogen and oxygen atoms in total. The van der Waals surface area contributed by atoms with Gasteiger partial charge in [0.1, 0.15) is 5.75 Å². The van der Waals surface area contributed by atoms with E-state index in [-0.39, 0.29) is 5.91 Å². The zero-order chi connectivity index (χ0) is 11.4. The molecule has 0 bridgehead atoms. The molecule has 0 spiro atoms. The Kier molecular flexibility index (Phi) is 3.55. The topological polar surface area (TPSA) is 55.6 Å². The summed E-state index contributed by atoms with van der Waals surface area (Å²) < 4.78 is 5.16. The number of ether oxygens (including phenoxy) is 1. The Labute approximate surface area is 89.6 Å². The van der Waals surface area contributed by atoms with Crippen LogP contribution in [0.15, 0.2) is 18.2 Å². The molecule has 1 aromatic carbocycles. The van der Waals surface area contributed by atoms with Crippen molar-refractivity contribution in [1.82, 2.24) is 4.90 Å². The predicted octanol–water partition coefficient (Wildman–Crippen LogP) is 0.908. The number of methoxy groups -OCH3 is 1. The molecule has 0 fully saturated rings. The van der Waals surface area contributed by atoms with Gasteiger partial charge in [-0.15, -0.1) is 0 Å². The van der Waals surface area contributed by atoms with E-state index in [1.807, 2.05) is 12.1 Å². The van der Waals surface area contributed by atoms with Crippen molar-refractivity contribution in [2.75, 3.05) is 26.9 Å². The maximum absolute atomic E-state index is 11.5. The van der Waals surface area contributed by atoms with Crippen LogP contribution in [-0.4, -0.2) is 32.0 Å². The first-order chi connectivity index (χ1) is 7.06. The lowest BCUT2D eigenvalue weighted by Gasteiger charge is -2.13. The van der Waals surface area contributed by atoms with Gasteiger partial charge in [-0.25, -0.2) is 0 Å². The molecule has 2 N–H and O–H groups in total. The number of likely N-dealkylation sites (N-methyl/N-ethyl adjacent to an activating group) is 1. The average Bonchev–Trinajstić information content (AvgIpc) is 2.18. The van der Waals surface area contributed by atoms with Crippen molar-refractivity contribution in [3.05, 3.63) is 23.8 Å². The molecule has 0 atom stereocenters. The standard InChI is InChI=1S/C11H16N2O2/c1-13(2)10(14)7-8-5-4-6-9(12)11(8)15-3/h4-6H,7,12H2,1-3H3. The number of benzene rings is 1. The lowest BCUT2D eigenvalue weighted by Crippen LogP contribution is -2.23. The molecular formula is C11H16N2O2. The van der Waals surface area contributed by atoms with Crippen LogP contribution in [0.4, 0.5) is 5.69 Å². The van der Waals surface area contributed by atoms with Gasteiger partial charge in [0.2, 0.25) is 5.91 Å². The highest BCUT2D eigenvalue weighted by molar-refractivity contribution is 5.80. The molecule has 0 radical (unpaired) electrons. The van der Waals surface area contributed by atoms with E-state index in [1.165, 1.54) is 0 Å². The van der Waals surface area contributed by atoms with Gasteiger partial charge in [0.15, 0.2) is 0 Å². The fourth-order valence-electron chi connectivity index (χ4n) is 1.31. The smallest absolute Gasteiger partial charge is 0.226 e. The Hall–Kier alpha value is -1.71. The number of hydrogen-bond acceptors (Lipinski definition) is 3. The van der Waals surface area contributed by atoms with Crippen molar-refractivity contribution >= 4 is 11.6 Å². The minimum atomic E-state index is 0.0268. The van der Waals surface area contributed by atoms with Crippen LogP contribution in [-0.2, 0) is 11.2 Å². The minimum Gasteiger partial charge on any atom is -0.494 e. The first-order valence-corrected chi connectivity index (χ1v) is 4.67.